The van der Waals surface area contributed by atoms with Crippen LogP contribution in [0.15, 0.2) is 34.9 Å². The molecule has 1 aliphatic heterocycles. The zero-order chi connectivity index (χ0) is 15.5. The van der Waals surface area contributed by atoms with Gasteiger partial charge in [-0.2, -0.15) is 0 Å². The molecule has 6 heteroatoms. The number of carbonyl (C=O) groups excluding carboxylic acids is 1. The number of carbonyl (C=O) groups is 1. The van der Waals surface area contributed by atoms with Gasteiger partial charge in [-0.05, 0) is 24.6 Å². The van der Waals surface area contributed by atoms with Gasteiger partial charge in [0, 0.05) is 11.6 Å². The highest BCUT2D eigenvalue weighted by Crippen LogP contribution is 2.38. The van der Waals surface area contributed by atoms with Gasteiger partial charge >= 0.3 is 0 Å². The van der Waals surface area contributed by atoms with Crippen LogP contribution in [-0.4, -0.2) is 24.2 Å². The lowest BCUT2D eigenvalue weighted by molar-refractivity contribution is 0.0996. The summed E-state index contributed by atoms with van der Waals surface area (Å²) in [5.74, 6) is 0.941. The van der Waals surface area contributed by atoms with Gasteiger partial charge in [0.25, 0.3) is 5.91 Å². The van der Waals surface area contributed by atoms with E-state index in [1.807, 2.05) is 6.92 Å². The number of nitrogens with one attached hydrogen (secondary N) is 1. The summed E-state index contributed by atoms with van der Waals surface area (Å²) in [6.07, 6.45) is 1.24. The number of aliphatic hydroxyl groups is 1. The molecule has 0 fully saturated rings. The monoisotopic (exact) mass is 303 g/mol. The fourth-order valence-corrected chi connectivity index (χ4v) is 2.30. The Labute approximate surface area is 127 Å². The SMILES string of the molecule is CCC(O)c1cc2c(cc1NC(=O)c1ccco1)OCCO2. The van der Waals surface area contributed by atoms with Crippen LogP contribution in [0.25, 0.3) is 0 Å². The molecule has 0 aliphatic carbocycles. The number of rotatable bonds is 4. The van der Waals surface area contributed by atoms with Gasteiger partial charge in [0.1, 0.15) is 13.2 Å². The third-order valence-electron chi connectivity index (χ3n) is 3.45. The molecule has 1 amide bonds. The summed E-state index contributed by atoms with van der Waals surface area (Å²) in [6.45, 7) is 2.78. The van der Waals surface area contributed by atoms with Gasteiger partial charge in [0.05, 0.1) is 18.1 Å². The van der Waals surface area contributed by atoms with E-state index in [2.05, 4.69) is 5.32 Å². The summed E-state index contributed by atoms with van der Waals surface area (Å²) in [5, 5.41) is 12.9. The number of hydrogen-bond donors (Lipinski definition) is 2. The molecule has 22 heavy (non-hydrogen) atoms. The van der Waals surface area contributed by atoms with Crippen molar-refractivity contribution in [2.75, 3.05) is 18.5 Å². The summed E-state index contributed by atoms with van der Waals surface area (Å²) >= 11 is 0. The molecule has 2 heterocycles. The van der Waals surface area contributed by atoms with E-state index in [1.54, 1.807) is 24.3 Å². The number of aliphatic hydroxyl groups excluding tert-OH is 1. The summed E-state index contributed by atoms with van der Waals surface area (Å²) < 4.78 is 16.1. The average Bonchev–Trinajstić information content (AvgIpc) is 3.08. The molecule has 0 spiro atoms. The number of hydrogen-bond acceptors (Lipinski definition) is 5. The van der Waals surface area contributed by atoms with Crippen LogP contribution in [-0.2, 0) is 0 Å². The van der Waals surface area contributed by atoms with Crippen LogP contribution in [0.1, 0.15) is 35.6 Å². The van der Waals surface area contributed by atoms with Crippen LogP contribution < -0.4 is 14.8 Å². The summed E-state index contributed by atoms with van der Waals surface area (Å²) in [5.41, 5.74) is 1.08. The van der Waals surface area contributed by atoms with E-state index in [9.17, 15) is 9.90 Å². The van der Waals surface area contributed by atoms with Crippen molar-refractivity contribution in [1.82, 2.24) is 0 Å². The predicted octanol–water partition coefficient (Wildman–Crippen LogP) is 2.75. The van der Waals surface area contributed by atoms with Gasteiger partial charge in [-0.3, -0.25) is 4.79 Å². The molecule has 1 aromatic carbocycles. The minimum Gasteiger partial charge on any atom is -0.486 e. The lowest BCUT2D eigenvalue weighted by Gasteiger charge is -2.22. The third-order valence-corrected chi connectivity index (χ3v) is 3.45. The maximum Gasteiger partial charge on any atom is 0.291 e. The second-order valence-electron chi connectivity index (χ2n) is 4.94. The van der Waals surface area contributed by atoms with E-state index in [0.29, 0.717) is 42.4 Å². The third kappa shape index (κ3) is 2.78. The maximum absolute atomic E-state index is 12.1. The average molecular weight is 303 g/mol. The molecule has 0 saturated carbocycles. The van der Waals surface area contributed by atoms with Crippen molar-refractivity contribution in [3.05, 3.63) is 41.9 Å². The molecule has 116 valence electrons. The summed E-state index contributed by atoms with van der Waals surface area (Å²) in [6, 6.07) is 6.59. The fraction of sp³-hybridized carbons (Fsp3) is 0.312. The van der Waals surface area contributed by atoms with Gasteiger partial charge in [-0.15, -0.1) is 0 Å². The Bertz CT molecular complexity index is 665. The van der Waals surface area contributed by atoms with Crippen LogP contribution in [0.4, 0.5) is 5.69 Å². The molecule has 2 aromatic rings. The largest absolute Gasteiger partial charge is 0.486 e. The topological polar surface area (TPSA) is 80.9 Å². The Hall–Kier alpha value is -2.47. The van der Waals surface area contributed by atoms with Gasteiger partial charge in [-0.25, -0.2) is 0 Å². The molecule has 0 saturated heterocycles. The Morgan fingerprint density at radius 2 is 2.05 bits per heavy atom. The van der Waals surface area contributed by atoms with Crippen LogP contribution in [0.3, 0.4) is 0 Å². The first-order valence-electron chi connectivity index (χ1n) is 7.15. The highest BCUT2D eigenvalue weighted by molar-refractivity contribution is 6.02. The molecule has 2 N–H and O–H groups in total. The summed E-state index contributed by atoms with van der Waals surface area (Å²) in [7, 11) is 0. The first-order valence-corrected chi connectivity index (χ1v) is 7.15. The highest BCUT2D eigenvalue weighted by atomic mass is 16.6. The number of furan rings is 1. The highest BCUT2D eigenvalue weighted by Gasteiger charge is 2.21. The first-order chi connectivity index (χ1) is 10.7. The molecule has 6 nitrogen and oxygen atoms in total. The second-order valence-corrected chi connectivity index (χ2v) is 4.94. The van der Waals surface area contributed by atoms with E-state index in [4.69, 9.17) is 13.9 Å². The van der Waals surface area contributed by atoms with E-state index < -0.39 is 6.10 Å². The van der Waals surface area contributed by atoms with Crippen molar-refractivity contribution in [2.45, 2.75) is 19.4 Å². The predicted molar refractivity (Wildman–Crippen MR) is 79.3 cm³/mol. The first kappa shape index (κ1) is 14.5. The van der Waals surface area contributed by atoms with E-state index in [1.165, 1.54) is 6.26 Å². The second kappa shape index (κ2) is 6.11. The van der Waals surface area contributed by atoms with Crippen molar-refractivity contribution in [3.8, 4) is 11.5 Å². The van der Waals surface area contributed by atoms with Crippen molar-refractivity contribution < 1.29 is 23.8 Å². The van der Waals surface area contributed by atoms with E-state index >= 15 is 0 Å². The minimum absolute atomic E-state index is 0.201. The van der Waals surface area contributed by atoms with Gasteiger partial charge in [0.2, 0.25) is 0 Å². The quantitative estimate of drug-likeness (QED) is 0.907. The Kier molecular flexibility index (Phi) is 4.02. The number of fused-ring (bicyclic) bond motifs is 1. The Morgan fingerprint density at radius 3 is 2.68 bits per heavy atom. The normalized spacial score (nSPS) is 14.5. The molecule has 1 atom stereocenters. The van der Waals surface area contributed by atoms with Crippen LogP contribution >= 0.6 is 0 Å². The zero-order valence-electron chi connectivity index (χ0n) is 12.2. The standard InChI is InChI=1S/C16H17NO5/c1-2-12(18)10-8-14-15(22-7-6-21-14)9-11(10)17-16(19)13-4-3-5-20-13/h3-5,8-9,12,18H,2,6-7H2,1H3,(H,17,19). The smallest absolute Gasteiger partial charge is 0.291 e. The number of benzene rings is 1. The molecule has 3 rings (SSSR count). The number of ether oxygens (including phenoxy) is 2. The Morgan fingerprint density at radius 1 is 1.32 bits per heavy atom. The molecular weight excluding hydrogens is 286 g/mol. The maximum atomic E-state index is 12.1. The molecule has 1 aromatic heterocycles. The lowest BCUT2D eigenvalue weighted by Crippen LogP contribution is -2.18. The zero-order valence-corrected chi connectivity index (χ0v) is 12.2. The number of anilines is 1. The van der Waals surface area contributed by atoms with E-state index in [-0.39, 0.29) is 11.7 Å². The minimum atomic E-state index is -0.706. The van der Waals surface area contributed by atoms with Crippen LogP contribution in [0.2, 0.25) is 0 Å². The Balaban J connectivity index is 1.95. The molecule has 0 bridgehead atoms. The lowest BCUT2D eigenvalue weighted by atomic mass is 10.0. The van der Waals surface area contributed by atoms with Crippen LogP contribution in [0.5, 0.6) is 11.5 Å². The van der Waals surface area contributed by atoms with Crippen molar-refractivity contribution in [2.24, 2.45) is 0 Å². The molecular formula is C16H17NO5. The molecule has 1 aliphatic rings. The molecule has 1 unspecified atom stereocenters. The van der Waals surface area contributed by atoms with Crippen molar-refractivity contribution in [3.63, 3.8) is 0 Å². The molecule has 0 radical (unpaired) electrons. The van der Waals surface area contributed by atoms with Gasteiger partial charge in [0.15, 0.2) is 17.3 Å². The van der Waals surface area contributed by atoms with Gasteiger partial charge in [-0.1, -0.05) is 6.92 Å². The summed E-state index contributed by atoms with van der Waals surface area (Å²) in [4.78, 5) is 12.1. The van der Waals surface area contributed by atoms with Crippen molar-refractivity contribution >= 4 is 11.6 Å². The van der Waals surface area contributed by atoms with Crippen molar-refractivity contribution in [1.29, 1.82) is 0 Å². The van der Waals surface area contributed by atoms with Crippen LogP contribution in [0, 0.1) is 0 Å². The van der Waals surface area contributed by atoms with Gasteiger partial charge < -0.3 is 24.3 Å². The number of amides is 1. The fourth-order valence-electron chi connectivity index (χ4n) is 2.30. The van der Waals surface area contributed by atoms with E-state index in [0.717, 1.165) is 0 Å².